The zero-order valence-corrected chi connectivity index (χ0v) is 11.5. The van der Waals surface area contributed by atoms with Gasteiger partial charge in [-0.25, -0.2) is 9.97 Å². The van der Waals surface area contributed by atoms with E-state index in [-0.39, 0.29) is 25.8 Å². The first-order valence-electron chi connectivity index (χ1n) is 6.55. The third kappa shape index (κ3) is 2.33. The van der Waals surface area contributed by atoms with E-state index in [0.717, 1.165) is 0 Å². The van der Waals surface area contributed by atoms with Crippen LogP contribution in [0.2, 0.25) is 0 Å². The first-order valence-corrected chi connectivity index (χ1v) is 6.55. The van der Waals surface area contributed by atoms with E-state index in [1.165, 1.54) is 6.20 Å². The summed E-state index contributed by atoms with van der Waals surface area (Å²) in [5, 5.41) is 19.5. The van der Waals surface area contributed by atoms with E-state index in [2.05, 4.69) is 15.0 Å². The lowest BCUT2D eigenvalue weighted by Crippen LogP contribution is -2.48. The summed E-state index contributed by atoms with van der Waals surface area (Å²) in [6.45, 7) is 1.68. The van der Waals surface area contributed by atoms with Crippen molar-refractivity contribution in [2.24, 2.45) is 0 Å². The summed E-state index contributed by atoms with van der Waals surface area (Å²) in [5.41, 5.74) is 5.55. The Balaban J connectivity index is 1.90. The molecule has 9 nitrogen and oxygen atoms in total. The molecule has 114 valence electrons. The van der Waals surface area contributed by atoms with Crippen molar-refractivity contribution >= 4 is 17.1 Å². The van der Waals surface area contributed by atoms with Gasteiger partial charge < -0.3 is 25.4 Å². The Morgan fingerprint density at radius 2 is 2.43 bits per heavy atom. The number of aliphatic hydroxyl groups is 2. The zero-order chi connectivity index (χ0) is 15.0. The Morgan fingerprint density at radius 1 is 1.62 bits per heavy atom. The Kier molecular flexibility index (Phi) is 3.49. The Hall–Kier alpha value is -1.81. The molecule has 0 radical (unpaired) electrons. The summed E-state index contributed by atoms with van der Waals surface area (Å²) in [5.74, 6) is 0.137. The number of rotatable bonds is 4. The van der Waals surface area contributed by atoms with Crippen molar-refractivity contribution in [3.05, 3.63) is 12.5 Å². The lowest BCUT2D eigenvalue weighted by molar-refractivity contribution is -0.173. The molecular formula is C12H17N5O4. The number of hydrogen-bond donors (Lipinski definition) is 3. The minimum Gasteiger partial charge on any atom is -0.393 e. The molecule has 0 spiro atoms. The van der Waals surface area contributed by atoms with Gasteiger partial charge in [-0.05, 0) is 6.92 Å². The summed E-state index contributed by atoms with van der Waals surface area (Å²) in [6.07, 6.45) is 1.67. The molecule has 2 aromatic rings. The van der Waals surface area contributed by atoms with E-state index in [1.54, 1.807) is 17.8 Å². The summed E-state index contributed by atoms with van der Waals surface area (Å²) < 4.78 is 12.7. The highest BCUT2D eigenvalue weighted by Gasteiger charge is 2.45. The topological polar surface area (TPSA) is 129 Å². The lowest BCUT2D eigenvalue weighted by Gasteiger charge is -2.32. The molecule has 3 heterocycles. The zero-order valence-electron chi connectivity index (χ0n) is 11.5. The van der Waals surface area contributed by atoms with Gasteiger partial charge in [0.25, 0.3) is 0 Å². The first-order chi connectivity index (χ1) is 10.1. The van der Waals surface area contributed by atoms with Gasteiger partial charge in [-0.15, -0.1) is 0 Å². The average molecular weight is 295 g/mol. The van der Waals surface area contributed by atoms with Gasteiger partial charge in [-0.1, -0.05) is 0 Å². The van der Waals surface area contributed by atoms with E-state index in [1.807, 2.05) is 0 Å². The van der Waals surface area contributed by atoms with Crippen LogP contribution in [0.1, 0.15) is 13.2 Å². The Labute approximate surface area is 120 Å². The maximum absolute atomic E-state index is 9.96. The first kappa shape index (κ1) is 14.1. The van der Waals surface area contributed by atoms with Gasteiger partial charge in [0.15, 0.2) is 5.65 Å². The second-order valence-corrected chi connectivity index (χ2v) is 5.06. The maximum Gasteiger partial charge on any atom is 0.222 e. The molecule has 0 saturated carbocycles. The number of nitrogens with two attached hydrogens (primary N) is 1. The van der Waals surface area contributed by atoms with Crippen molar-refractivity contribution in [3.8, 4) is 0 Å². The molecule has 0 aliphatic carbocycles. The Bertz CT molecular complexity index is 648. The van der Waals surface area contributed by atoms with Gasteiger partial charge in [0.1, 0.15) is 23.4 Å². The summed E-state index contributed by atoms with van der Waals surface area (Å²) >= 11 is 0. The van der Waals surface area contributed by atoms with Crippen LogP contribution in [0.15, 0.2) is 12.5 Å². The third-order valence-corrected chi connectivity index (χ3v) is 3.63. The molecule has 3 atom stereocenters. The minimum atomic E-state index is -1.14. The van der Waals surface area contributed by atoms with E-state index in [0.29, 0.717) is 11.2 Å². The van der Waals surface area contributed by atoms with Crippen LogP contribution in [0, 0.1) is 0 Å². The minimum absolute atomic E-state index is 0.124. The van der Waals surface area contributed by atoms with Gasteiger partial charge in [0.2, 0.25) is 5.95 Å². The second kappa shape index (κ2) is 5.19. The van der Waals surface area contributed by atoms with E-state index >= 15 is 0 Å². The quantitative estimate of drug-likeness (QED) is 0.659. The number of aliphatic hydroxyl groups excluding tert-OH is 2. The van der Waals surface area contributed by atoms with Crippen LogP contribution in [0.5, 0.6) is 0 Å². The molecule has 3 rings (SSSR count). The smallest absolute Gasteiger partial charge is 0.222 e. The molecule has 1 fully saturated rings. The summed E-state index contributed by atoms with van der Waals surface area (Å²) in [6, 6.07) is 0. The fraction of sp³-hybridized carbons (Fsp3) is 0.583. The highest BCUT2D eigenvalue weighted by molar-refractivity contribution is 5.70. The van der Waals surface area contributed by atoms with Crippen molar-refractivity contribution < 1.29 is 19.7 Å². The van der Waals surface area contributed by atoms with Crippen molar-refractivity contribution in [2.45, 2.75) is 24.9 Å². The van der Waals surface area contributed by atoms with Crippen LogP contribution in [0.3, 0.4) is 0 Å². The number of anilines is 1. The number of fused-ring (bicyclic) bond motifs is 1. The number of hydrogen-bond acceptors (Lipinski definition) is 8. The maximum atomic E-state index is 9.96. The normalized spacial score (nSPS) is 27.3. The van der Waals surface area contributed by atoms with Gasteiger partial charge in [0, 0.05) is 0 Å². The van der Waals surface area contributed by atoms with Gasteiger partial charge in [0.05, 0.1) is 32.3 Å². The largest absolute Gasteiger partial charge is 0.393 e. The number of nitrogens with zero attached hydrogens (tertiary/aromatic N) is 4. The fourth-order valence-electron chi connectivity index (χ4n) is 2.39. The molecule has 9 heteroatoms. The van der Waals surface area contributed by atoms with E-state index < -0.39 is 17.9 Å². The molecule has 21 heavy (non-hydrogen) atoms. The third-order valence-electron chi connectivity index (χ3n) is 3.63. The average Bonchev–Trinajstić information content (AvgIpc) is 3.03. The predicted octanol–water partition coefficient (Wildman–Crippen LogP) is -0.934. The highest BCUT2D eigenvalue weighted by Crippen LogP contribution is 2.29. The predicted molar refractivity (Wildman–Crippen MR) is 72.2 cm³/mol. The van der Waals surface area contributed by atoms with Crippen LogP contribution >= 0.6 is 0 Å². The van der Waals surface area contributed by atoms with Crippen molar-refractivity contribution in [3.63, 3.8) is 0 Å². The fourth-order valence-corrected chi connectivity index (χ4v) is 2.39. The number of aromatic nitrogens is 4. The SMILES string of the molecule is CC(O[C@@]1(CO)COC[C@H]1O)n1cnc2cnc(N)nc21. The van der Waals surface area contributed by atoms with Gasteiger partial charge in [-0.2, -0.15) is 4.98 Å². The molecule has 0 aromatic carbocycles. The van der Waals surface area contributed by atoms with E-state index in [9.17, 15) is 10.2 Å². The van der Waals surface area contributed by atoms with Crippen molar-refractivity contribution in [1.82, 2.24) is 19.5 Å². The van der Waals surface area contributed by atoms with Crippen LogP contribution in [-0.4, -0.2) is 61.3 Å². The standard InChI is InChI=1S/C12H17N5O4/c1-7(21-12(4-18)5-20-3-9(12)19)17-6-15-8-2-14-11(13)16-10(8)17/h2,6-7,9,18-19H,3-5H2,1H3,(H2,13,14,16)/t7?,9-,12+/m1/s1. The highest BCUT2D eigenvalue weighted by atomic mass is 16.6. The van der Waals surface area contributed by atoms with Crippen LogP contribution in [0.25, 0.3) is 11.2 Å². The number of ether oxygens (including phenoxy) is 2. The molecule has 1 aliphatic heterocycles. The van der Waals surface area contributed by atoms with Crippen molar-refractivity contribution in [2.75, 3.05) is 25.6 Å². The van der Waals surface area contributed by atoms with Crippen molar-refractivity contribution in [1.29, 1.82) is 0 Å². The second-order valence-electron chi connectivity index (χ2n) is 5.06. The summed E-state index contributed by atoms with van der Waals surface area (Å²) in [4.78, 5) is 12.2. The van der Waals surface area contributed by atoms with Gasteiger partial charge in [-0.3, -0.25) is 4.57 Å². The molecule has 4 N–H and O–H groups in total. The van der Waals surface area contributed by atoms with E-state index in [4.69, 9.17) is 15.2 Å². The number of imidazole rings is 1. The monoisotopic (exact) mass is 295 g/mol. The van der Waals surface area contributed by atoms with Crippen LogP contribution in [0.4, 0.5) is 5.95 Å². The summed E-state index contributed by atoms with van der Waals surface area (Å²) in [7, 11) is 0. The molecular weight excluding hydrogens is 278 g/mol. The van der Waals surface area contributed by atoms with Crippen LogP contribution in [-0.2, 0) is 9.47 Å². The van der Waals surface area contributed by atoms with Gasteiger partial charge >= 0.3 is 0 Å². The molecule has 1 aliphatic rings. The number of nitrogen functional groups attached to an aromatic ring is 1. The molecule has 1 unspecified atom stereocenters. The molecule has 2 aromatic heterocycles. The molecule has 0 amide bonds. The van der Waals surface area contributed by atoms with Crippen LogP contribution < -0.4 is 5.73 Å². The molecule has 0 bridgehead atoms. The molecule has 1 saturated heterocycles. The Morgan fingerprint density at radius 3 is 3.10 bits per heavy atom. The lowest BCUT2D eigenvalue weighted by atomic mass is 10.0.